The van der Waals surface area contributed by atoms with Crippen LogP contribution in [0.3, 0.4) is 0 Å². The summed E-state index contributed by atoms with van der Waals surface area (Å²) in [7, 11) is -4.88. The zero-order chi connectivity index (χ0) is 37.5. The number of benzene rings is 2. The molecule has 0 aliphatic carbocycles. The molecule has 4 N–H and O–H groups in total. The van der Waals surface area contributed by atoms with E-state index >= 15 is 0 Å². The van der Waals surface area contributed by atoms with Gasteiger partial charge in [-0.2, -0.15) is 26.3 Å². The van der Waals surface area contributed by atoms with E-state index in [1.54, 1.807) is 6.92 Å². The first-order valence-corrected chi connectivity index (χ1v) is 17.3. The Kier molecular flexibility index (Phi) is 12.3. The summed E-state index contributed by atoms with van der Waals surface area (Å²) in [5, 5.41) is 42.8. The minimum absolute atomic E-state index is 0. The molecule has 4 aromatic rings. The van der Waals surface area contributed by atoms with E-state index < -0.39 is 82.3 Å². The van der Waals surface area contributed by atoms with Crippen LogP contribution in [0.15, 0.2) is 36.4 Å². The number of nitro groups is 2. The van der Waals surface area contributed by atoms with Crippen LogP contribution in [0.25, 0.3) is 21.8 Å². The number of aromatic nitrogens is 2. The van der Waals surface area contributed by atoms with Crippen molar-refractivity contribution in [1.82, 2.24) is 9.97 Å². The van der Waals surface area contributed by atoms with E-state index in [9.17, 15) is 69.4 Å². The smallest absolute Gasteiger partial charge is 0.383 e. The second-order valence-electron chi connectivity index (χ2n) is 11.4. The van der Waals surface area contributed by atoms with Crippen LogP contribution in [0.4, 0.5) is 37.7 Å². The Labute approximate surface area is 283 Å². The summed E-state index contributed by atoms with van der Waals surface area (Å²) in [6, 6.07) is 5.29. The SMILES string of the molecule is C.CCS(=O)(=O)C[C@](C)(O)c1cc2cc([N+](=O)[O-])c(C(F)(F)F)cc2[nH]1.CCS(=O)C[C@](C)(O)c1cc2cc([N+](=O)[O-])c(C(F)(F)F)cc2[nH]1. The standard InChI is InChI=1S/C14H15F3N2O5S.C14H15F3N2O4S.CH4/c1-3-25(23,24)7-13(2,20)12-5-8-4-11(19(21)22)9(14(15,16)17)6-10(8)18-12;1-3-24(23)7-13(2,20)12-5-8-4-11(19(21)22)9(14(15,16)17)6-10(8)18-12;/h4-6,18,20H,3,7H2,1-2H3;4-6,18,20H,3,7H2,1-2H3;1H4/t13-;13-,24?;/m00./s1. The van der Waals surface area contributed by atoms with Gasteiger partial charge in [-0.15, -0.1) is 0 Å². The van der Waals surface area contributed by atoms with E-state index in [-0.39, 0.29) is 52.1 Å². The van der Waals surface area contributed by atoms with Crippen molar-refractivity contribution in [2.75, 3.05) is 23.0 Å². The number of H-pyrrole nitrogens is 2. The largest absolute Gasteiger partial charge is 0.423 e. The molecular formula is C29H34F6N4O9S2. The Morgan fingerprint density at radius 2 is 1.14 bits per heavy atom. The van der Waals surface area contributed by atoms with Crippen molar-refractivity contribution in [3.63, 3.8) is 0 Å². The number of fused-ring (bicyclic) bond motifs is 2. The van der Waals surface area contributed by atoms with Crippen LogP contribution in [0.2, 0.25) is 0 Å². The predicted octanol–water partition coefficient (Wildman–Crippen LogP) is 6.44. The molecule has 0 saturated heterocycles. The van der Waals surface area contributed by atoms with Gasteiger partial charge in [0.15, 0.2) is 9.84 Å². The van der Waals surface area contributed by atoms with E-state index in [1.165, 1.54) is 32.9 Å². The van der Waals surface area contributed by atoms with Crippen LogP contribution >= 0.6 is 0 Å². The third kappa shape index (κ3) is 9.58. The topological polar surface area (TPSA) is 210 Å². The molecule has 0 radical (unpaired) electrons. The van der Waals surface area contributed by atoms with Gasteiger partial charge in [0.1, 0.15) is 22.3 Å². The minimum Gasteiger partial charge on any atom is -0.383 e. The van der Waals surface area contributed by atoms with Crippen LogP contribution in [-0.2, 0) is 44.2 Å². The van der Waals surface area contributed by atoms with Gasteiger partial charge in [-0.3, -0.25) is 24.4 Å². The van der Waals surface area contributed by atoms with E-state index in [0.29, 0.717) is 17.9 Å². The maximum Gasteiger partial charge on any atom is 0.423 e. The molecule has 0 bridgehead atoms. The molecule has 3 atom stereocenters. The molecule has 13 nitrogen and oxygen atoms in total. The Morgan fingerprint density at radius 1 is 0.760 bits per heavy atom. The molecule has 0 amide bonds. The molecule has 0 aliphatic heterocycles. The van der Waals surface area contributed by atoms with Gasteiger partial charge in [0.25, 0.3) is 11.4 Å². The number of halogens is 6. The van der Waals surface area contributed by atoms with Crippen LogP contribution in [0, 0.1) is 20.2 Å². The minimum atomic E-state index is -4.93. The summed E-state index contributed by atoms with van der Waals surface area (Å²) < 4.78 is 113. The molecule has 278 valence electrons. The average molecular weight is 761 g/mol. The lowest BCUT2D eigenvalue weighted by atomic mass is 10.1. The highest BCUT2D eigenvalue weighted by Crippen LogP contribution is 2.41. The molecule has 0 spiro atoms. The van der Waals surface area contributed by atoms with Gasteiger partial charge in [-0.1, -0.05) is 21.3 Å². The lowest BCUT2D eigenvalue weighted by Crippen LogP contribution is -2.32. The fraction of sp³-hybridized carbons (Fsp3) is 0.448. The third-order valence-electron chi connectivity index (χ3n) is 7.34. The van der Waals surface area contributed by atoms with Crippen molar-refractivity contribution >= 4 is 53.8 Å². The van der Waals surface area contributed by atoms with E-state index in [4.69, 9.17) is 0 Å². The van der Waals surface area contributed by atoms with Crippen molar-refractivity contribution in [2.45, 2.75) is 58.7 Å². The maximum absolute atomic E-state index is 13.0. The summed E-state index contributed by atoms with van der Waals surface area (Å²) in [5.74, 6) is -0.644. The van der Waals surface area contributed by atoms with Gasteiger partial charge in [0.2, 0.25) is 0 Å². The van der Waals surface area contributed by atoms with Crippen molar-refractivity contribution in [2.24, 2.45) is 0 Å². The lowest BCUT2D eigenvalue weighted by molar-refractivity contribution is -0.388. The number of hydrogen-bond acceptors (Lipinski definition) is 9. The molecule has 2 aromatic heterocycles. The second kappa shape index (κ2) is 14.6. The van der Waals surface area contributed by atoms with E-state index in [2.05, 4.69) is 9.97 Å². The molecule has 21 heteroatoms. The van der Waals surface area contributed by atoms with E-state index in [1.807, 2.05) is 0 Å². The monoisotopic (exact) mass is 760 g/mol. The zero-order valence-corrected chi connectivity index (χ0v) is 27.7. The predicted molar refractivity (Wildman–Crippen MR) is 174 cm³/mol. The lowest BCUT2D eigenvalue weighted by Gasteiger charge is -2.21. The number of rotatable bonds is 10. The first-order valence-electron chi connectivity index (χ1n) is 14.0. The van der Waals surface area contributed by atoms with Gasteiger partial charge in [0.05, 0.1) is 21.4 Å². The van der Waals surface area contributed by atoms with Crippen molar-refractivity contribution in [3.8, 4) is 0 Å². The molecular weight excluding hydrogens is 726 g/mol. The van der Waals surface area contributed by atoms with Crippen molar-refractivity contribution < 1.29 is 59.0 Å². The average Bonchev–Trinajstić information content (AvgIpc) is 3.59. The highest BCUT2D eigenvalue weighted by atomic mass is 32.2. The second-order valence-corrected chi connectivity index (χ2v) is 15.5. The van der Waals surface area contributed by atoms with E-state index in [0.717, 1.165) is 12.1 Å². The fourth-order valence-corrected chi connectivity index (χ4v) is 6.98. The number of nitrogens with one attached hydrogen (secondary N) is 2. The number of aliphatic hydroxyl groups is 2. The molecule has 4 rings (SSSR count). The Balaban J connectivity index is 0.000000340. The summed E-state index contributed by atoms with van der Waals surface area (Å²) in [4.78, 5) is 24.7. The highest BCUT2D eigenvalue weighted by molar-refractivity contribution is 7.91. The molecule has 0 fully saturated rings. The molecule has 2 aromatic carbocycles. The molecule has 0 aliphatic rings. The Bertz CT molecular complexity index is 2040. The van der Waals surface area contributed by atoms with Gasteiger partial charge < -0.3 is 20.2 Å². The highest BCUT2D eigenvalue weighted by Gasteiger charge is 2.41. The molecule has 1 unspecified atom stereocenters. The normalized spacial score (nSPS) is 15.4. The van der Waals surface area contributed by atoms with Gasteiger partial charge in [-0.25, -0.2) is 8.42 Å². The third-order valence-corrected chi connectivity index (χ3v) is 10.8. The molecule has 2 heterocycles. The van der Waals surface area contributed by atoms with Crippen molar-refractivity contribution in [3.05, 3.63) is 79.1 Å². The summed E-state index contributed by atoms with van der Waals surface area (Å²) in [5.41, 5.74) is -8.42. The Hall–Kier alpha value is -4.08. The summed E-state index contributed by atoms with van der Waals surface area (Å²) in [6.45, 7) is 5.65. The van der Waals surface area contributed by atoms with Crippen molar-refractivity contribution in [1.29, 1.82) is 0 Å². The first kappa shape index (κ1) is 42.1. The number of sulfone groups is 1. The zero-order valence-electron chi connectivity index (χ0n) is 26.0. The van der Waals surface area contributed by atoms with Gasteiger partial charge in [-0.05, 0) is 38.1 Å². The number of aromatic amines is 2. The fourth-order valence-electron chi connectivity index (χ4n) is 4.78. The maximum atomic E-state index is 13.0. The van der Waals surface area contributed by atoms with Crippen LogP contribution in [0.5, 0.6) is 0 Å². The quantitative estimate of drug-likeness (QED) is 0.0795. The molecule has 0 saturated carbocycles. The summed E-state index contributed by atoms with van der Waals surface area (Å²) in [6.07, 6.45) is -9.82. The number of alkyl halides is 6. The van der Waals surface area contributed by atoms with Crippen LogP contribution in [0.1, 0.15) is 57.6 Å². The van der Waals surface area contributed by atoms with Crippen LogP contribution in [-0.4, -0.2) is 65.7 Å². The van der Waals surface area contributed by atoms with Gasteiger partial charge >= 0.3 is 12.4 Å². The molecule has 50 heavy (non-hydrogen) atoms. The number of nitro benzene ring substituents is 2. The number of nitrogens with zero attached hydrogens (tertiary/aromatic N) is 2. The summed E-state index contributed by atoms with van der Waals surface area (Å²) >= 11 is 0. The number of hydrogen-bond donors (Lipinski definition) is 4. The first-order chi connectivity index (χ1) is 22.2. The Morgan fingerprint density at radius 3 is 1.46 bits per heavy atom. The van der Waals surface area contributed by atoms with Gasteiger partial charge in [0, 0.05) is 67.6 Å². The van der Waals surface area contributed by atoms with Crippen LogP contribution < -0.4 is 0 Å².